The number of nitrogens with one attached hydrogen (secondary N) is 1. The number of fused-ring (bicyclic) bond motifs is 1. The Balaban J connectivity index is 1.67. The highest BCUT2D eigenvalue weighted by Gasteiger charge is 2.19. The first-order chi connectivity index (χ1) is 12.6. The first-order valence-electron chi connectivity index (χ1n) is 8.71. The number of anilines is 1. The molecule has 8 nitrogen and oxygen atoms in total. The standard InChI is InChI=1S/C18H20N6O2/c19-13-3-5-14(6-4-13)21-17-11-16(18-20-9-10-23(18)22-17)12-1-7-15(8-2-12)24(25)26/h1-2,7-11,13-14H,3-6,19H2,(H,21,22). The highest BCUT2D eigenvalue weighted by Crippen LogP contribution is 2.28. The number of nitro groups is 1. The Bertz CT molecular complexity index is 929. The van der Waals surface area contributed by atoms with E-state index in [-0.39, 0.29) is 5.69 Å². The van der Waals surface area contributed by atoms with Crippen LogP contribution in [0.15, 0.2) is 42.7 Å². The molecule has 1 aliphatic carbocycles. The Hall–Kier alpha value is -3.00. The summed E-state index contributed by atoms with van der Waals surface area (Å²) in [5.41, 5.74) is 8.51. The minimum atomic E-state index is -0.401. The summed E-state index contributed by atoms with van der Waals surface area (Å²) in [6, 6.07) is 9.10. The lowest BCUT2D eigenvalue weighted by atomic mass is 9.92. The van der Waals surface area contributed by atoms with Crippen molar-refractivity contribution in [3.8, 4) is 11.1 Å². The Labute approximate surface area is 150 Å². The van der Waals surface area contributed by atoms with Gasteiger partial charge in [0.15, 0.2) is 5.65 Å². The smallest absolute Gasteiger partial charge is 0.269 e. The molecule has 4 rings (SSSR count). The van der Waals surface area contributed by atoms with Crippen LogP contribution in [0.25, 0.3) is 16.8 Å². The summed E-state index contributed by atoms with van der Waals surface area (Å²) in [4.78, 5) is 14.9. The normalized spacial score (nSPS) is 20.2. The lowest BCUT2D eigenvalue weighted by Crippen LogP contribution is -2.33. The van der Waals surface area contributed by atoms with E-state index in [1.165, 1.54) is 12.1 Å². The van der Waals surface area contributed by atoms with E-state index in [1.807, 2.05) is 6.07 Å². The third kappa shape index (κ3) is 3.23. The lowest BCUT2D eigenvalue weighted by Gasteiger charge is -2.27. The van der Waals surface area contributed by atoms with Gasteiger partial charge in [0.2, 0.25) is 0 Å². The predicted octanol–water partition coefficient (Wildman–Crippen LogP) is 2.99. The zero-order valence-corrected chi connectivity index (χ0v) is 14.2. The third-order valence-electron chi connectivity index (χ3n) is 4.87. The summed E-state index contributed by atoms with van der Waals surface area (Å²) < 4.78 is 1.73. The summed E-state index contributed by atoms with van der Waals surface area (Å²) >= 11 is 0. The molecule has 3 N–H and O–H groups in total. The van der Waals surface area contributed by atoms with E-state index in [0.29, 0.717) is 12.1 Å². The van der Waals surface area contributed by atoms with Crippen LogP contribution in [0.3, 0.4) is 0 Å². The highest BCUT2D eigenvalue weighted by atomic mass is 16.6. The second-order valence-electron chi connectivity index (χ2n) is 6.70. The number of benzene rings is 1. The van der Waals surface area contributed by atoms with Crippen molar-refractivity contribution in [3.05, 3.63) is 52.8 Å². The van der Waals surface area contributed by atoms with Gasteiger partial charge in [-0.3, -0.25) is 10.1 Å². The molecule has 134 valence electrons. The van der Waals surface area contributed by atoms with Gasteiger partial charge in [0, 0.05) is 42.2 Å². The molecule has 8 heteroatoms. The summed E-state index contributed by atoms with van der Waals surface area (Å²) in [5.74, 6) is 0.768. The maximum Gasteiger partial charge on any atom is 0.269 e. The van der Waals surface area contributed by atoms with Gasteiger partial charge in [0.25, 0.3) is 5.69 Å². The van der Waals surface area contributed by atoms with E-state index in [2.05, 4.69) is 15.4 Å². The number of hydrogen-bond donors (Lipinski definition) is 2. The molecule has 0 bridgehead atoms. The molecule has 2 heterocycles. The van der Waals surface area contributed by atoms with Gasteiger partial charge < -0.3 is 11.1 Å². The average Bonchev–Trinajstić information content (AvgIpc) is 3.11. The van der Waals surface area contributed by atoms with Crippen LogP contribution in [0, 0.1) is 10.1 Å². The summed E-state index contributed by atoms with van der Waals surface area (Å²) in [5, 5.41) is 19.0. The number of aromatic nitrogens is 3. The Kier molecular flexibility index (Phi) is 4.26. The van der Waals surface area contributed by atoms with Crippen LogP contribution in [0.4, 0.5) is 11.5 Å². The molecular weight excluding hydrogens is 332 g/mol. The maximum absolute atomic E-state index is 10.9. The predicted molar refractivity (Wildman–Crippen MR) is 98.9 cm³/mol. The maximum atomic E-state index is 10.9. The molecular formula is C18H20N6O2. The molecule has 0 spiro atoms. The average molecular weight is 352 g/mol. The zero-order chi connectivity index (χ0) is 18.1. The van der Waals surface area contributed by atoms with Crippen molar-refractivity contribution in [3.63, 3.8) is 0 Å². The van der Waals surface area contributed by atoms with Crippen LogP contribution >= 0.6 is 0 Å². The Morgan fingerprint density at radius 2 is 1.92 bits per heavy atom. The van der Waals surface area contributed by atoms with E-state index in [4.69, 9.17) is 5.73 Å². The fourth-order valence-corrected chi connectivity index (χ4v) is 3.44. The third-order valence-corrected chi connectivity index (χ3v) is 4.87. The number of nitro benzene ring substituents is 1. The molecule has 1 saturated carbocycles. The molecule has 0 saturated heterocycles. The van der Waals surface area contributed by atoms with Crippen molar-refractivity contribution in [1.29, 1.82) is 0 Å². The topological polar surface area (TPSA) is 111 Å². The quantitative estimate of drug-likeness (QED) is 0.551. The molecule has 1 aliphatic rings. The van der Waals surface area contributed by atoms with E-state index in [0.717, 1.165) is 48.3 Å². The minimum Gasteiger partial charge on any atom is -0.366 e. The van der Waals surface area contributed by atoms with Crippen molar-refractivity contribution in [1.82, 2.24) is 14.6 Å². The van der Waals surface area contributed by atoms with E-state index < -0.39 is 4.92 Å². The number of nitrogens with zero attached hydrogens (tertiary/aromatic N) is 4. The van der Waals surface area contributed by atoms with Crippen molar-refractivity contribution < 1.29 is 4.92 Å². The number of non-ortho nitro benzene ring substituents is 1. The van der Waals surface area contributed by atoms with Crippen LogP contribution in [-0.4, -0.2) is 31.6 Å². The molecule has 0 aliphatic heterocycles. The van der Waals surface area contributed by atoms with Gasteiger partial charge in [-0.15, -0.1) is 5.10 Å². The van der Waals surface area contributed by atoms with Gasteiger partial charge in [-0.25, -0.2) is 9.50 Å². The second-order valence-corrected chi connectivity index (χ2v) is 6.70. The molecule has 1 aromatic carbocycles. The van der Waals surface area contributed by atoms with Crippen molar-refractivity contribution in [2.45, 2.75) is 37.8 Å². The van der Waals surface area contributed by atoms with Crippen LogP contribution in [-0.2, 0) is 0 Å². The van der Waals surface area contributed by atoms with Crippen LogP contribution in [0.5, 0.6) is 0 Å². The first kappa shape index (κ1) is 16.5. The molecule has 2 aromatic heterocycles. The van der Waals surface area contributed by atoms with Crippen molar-refractivity contribution >= 4 is 17.2 Å². The zero-order valence-electron chi connectivity index (χ0n) is 14.2. The number of hydrogen-bond acceptors (Lipinski definition) is 6. The highest BCUT2D eigenvalue weighted by molar-refractivity contribution is 5.79. The van der Waals surface area contributed by atoms with Crippen LogP contribution in [0.1, 0.15) is 25.7 Å². The van der Waals surface area contributed by atoms with Gasteiger partial charge in [-0.2, -0.15) is 0 Å². The van der Waals surface area contributed by atoms with E-state index in [1.54, 1.807) is 29.0 Å². The van der Waals surface area contributed by atoms with Crippen LogP contribution in [0.2, 0.25) is 0 Å². The SMILES string of the molecule is NC1CCC(Nc2cc(-c3ccc([N+](=O)[O-])cc3)c3nccn3n2)CC1. The number of nitrogens with two attached hydrogens (primary N) is 1. The fourth-order valence-electron chi connectivity index (χ4n) is 3.44. The fraction of sp³-hybridized carbons (Fsp3) is 0.333. The van der Waals surface area contributed by atoms with Crippen molar-refractivity contribution in [2.24, 2.45) is 5.73 Å². The molecule has 0 atom stereocenters. The summed E-state index contributed by atoms with van der Waals surface area (Å²) in [6.07, 6.45) is 7.57. The van der Waals surface area contributed by atoms with Gasteiger partial charge in [0.05, 0.1) is 4.92 Å². The molecule has 0 amide bonds. The van der Waals surface area contributed by atoms with Gasteiger partial charge >= 0.3 is 0 Å². The largest absolute Gasteiger partial charge is 0.366 e. The van der Waals surface area contributed by atoms with Gasteiger partial charge in [0.1, 0.15) is 5.82 Å². The van der Waals surface area contributed by atoms with E-state index in [9.17, 15) is 10.1 Å². The van der Waals surface area contributed by atoms with Gasteiger partial charge in [-0.05, 0) is 49.4 Å². The van der Waals surface area contributed by atoms with Crippen molar-refractivity contribution in [2.75, 3.05) is 5.32 Å². The number of rotatable bonds is 4. The molecule has 26 heavy (non-hydrogen) atoms. The monoisotopic (exact) mass is 352 g/mol. The Morgan fingerprint density at radius 3 is 2.62 bits per heavy atom. The van der Waals surface area contributed by atoms with E-state index >= 15 is 0 Å². The molecule has 3 aromatic rings. The lowest BCUT2D eigenvalue weighted by molar-refractivity contribution is -0.384. The summed E-state index contributed by atoms with van der Waals surface area (Å²) in [6.45, 7) is 0. The van der Waals surface area contributed by atoms with Gasteiger partial charge in [-0.1, -0.05) is 0 Å². The van der Waals surface area contributed by atoms with Crippen LogP contribution < -0.4 is 11.1 Å². The first-order valence-corrected chi connectivity index (χ1v) is 8.71. The molecule has 0 unspecified atom stereocenters. The molecule has 0 radical (unpaired) electrons. The second kappa shape index (κ2) is 6.72. The number of imidazole rings is 1. The molecule has 1 fully saturated rings. The summed E-state index contributed by atoms with van der Waals surface area (Å²) in [7, 11) is 0. The Morgan fingerprint density at radius 1 is 1.19 bits per heavy atom. The minimum absolute atomic E-state index is 0.0686.